The van der Waals surface area contributed by atoms with Gasteiger partial charge in [-0.05, 0) is 64.9 Å². The third-order valence-electron chi connectivity index (χ3n) is 4.88. The van der Waals surface area contributed by atoms with Crippen LogP contribution in [0.1, 0.15) is 27.8 Å². The highest BCUT2D eigenvalue weighted by atomic mass is 32.2. The van der Waals surface area contributed by atoms with E-state index in [-0.39, 0.29) is 0 Å². The van der Waals surface area contributed by atoms with Crippen LogP contribution < -0.4 is 4.72 Å². The number of aryl methyl sites for hydroxylation is 2. The number of nitrogens with one attached hydrogen (secondary N) is 1. The molecule has 3 aromatic rings. The van der Waals surface area contributed by atoms with Crippen LogP contribution in [-0.4, -0.2) is 14.7 Å². The molecule has 4 rings (SSSR count). The molecule has 0 atom stereocenters. The lowest BCUT2D eigenvalue weighted by atomic mass is 9.92. The molecule has 3 nitrogen and oxygen atoms in total. The lowest BCUT2D eigenvalue weighted by Gasteiger charge is -2.14. The molecule has 29 heavy (non-hydrogen) atoms. The van der Waals surface area contributed by atoms with E-state index in [1.165, 1.54) is 6.07 Å². The number of halogens is 2. The lowest BCUT2D eigenvalue weighted by molar-refractivity contribution is 0.577. The Morgan fingerprint density at radius 2 is 1.69 bits per heavy atom. The summed E-state index contributed by atoms with van der Waals surface area (Å²) in [7, 11) is -3.41. The topological polar surface area (TPSA) is 46.2 Å². The molecule has 0 aliphatic heterocycles. The van der Waals surface area contributed by atoms with Crippen molar-refractivity contribution in [3.8, 4) is 0 Å². The van der Waals surface area contributed by atoms with Gasteiger partial charge in [-0.2, -0.15) is 0 Å². The highest BCUT2D eigenvalue weighted by Crippen LogP contribution is 2.37. The van der Waals surface area contributed by atoms with Gasteiger partial charge in [-0.15, -0.1) is 0 Å². The van der Waals surface area contributed by atoms with Crippen molar-refractivity contribution in [1.29, 1.82) is 0 Å². The van der Waals surface area contributed by atoms with E-state index in [4.69, 9.17) is 0 Å². The van der Waals surface area contributed by atoms with Crippen molar-refractivity contribution < 1.29 is 17.2 Å². The van der Waals surface area contributed by atoms with E-state index in [9.17, 15) is 17.2 Å². The van der Waals surface area contributed by atoms with E-state index in [1.807, 2.05) is 36.4 Å². The fourth-order valence-corrected chi connectivity index (χ4v) is 4.31. The summed E-state index contributed by atoms with van der Waals surface area (Å²) < 4.78 is 54.3. The van der Waals surface area contributed by atoms with Gasteiger partial charge in [-0.3, -0.25) is 4.72 Å². The second kappa shape index (κ2) is 7.44. The maximum absolute atomic E-state index is 14.9. The van der Waals surface area contributed by atoms with Crippen molar-refractivity contribution in [3.05, 3.63) is 100 Å². The van der Waals surface area contributed by atoms with Crippen LogP contribution in [0.4, 0.5) is 14.5 Å². The van der Waals surface area contributed by atoms with Crippen molar-refractivity contribution >= 4 is 27.4 Å². The SMILES string of the molecule is CS(=O)(=O)Nc1cccc(/C=C2/c3ccccc3CCc3cc(F)cc(F)c32)c1. The van der Waals surface area contributed by atoms with Crippen molar-refractivity contribution in [2.45, 2.75) is 12.8 Å². The van der Waals surface area contributed by atoms with Gasteiger partial charge in [0.2, 0.25) is 10.0 Å². The molecule has 0 radical (unpaired) electrons. The van der Waals surface area contributed by atoms with Gasteiger partial charge in [0, 0.05) is 17.3 Å². The van der Waals surface area contributed by atoms with Gasteiger partial charge in [-0.1, -0.05) is 36.4 Å². The van der Waals surface area contributed by atoms with Crippen LogP contribution in [0.3, 0.4) is 0 Å². The van der Waals surface area contributed by atoms with Gasteiger partial charge >= 0.3 is 0 Å². The monoisotopic (exact) mass is 411 g/mol. The molecule has 0 aromatic heterocycles. The molecule has 0 amide bonds. The van der Waals surface area contributed by atoms with E-state index in [1.54, 1.807) is 18.2 Å². The largest absolute Gasteiger partial charge is 0.284 e. The zero-order chi connectivity index (χ0) is 20.6. The fraction of sp³-hybridized carbons (Fsp3) is 0.130. The van der Waals surface area contributed by atoms with Gasteiger partial charge < -0.3 is 0 Å². The summed E-state index contributed by atoms with van der Waals surface area (Å²) in [5, 5.41) is 0. The van der Waals surface area contributed by atoms with Crippen LogP contribution in [0.2, 0.25) is 0 Å². The number of sulfonamides is 1. The van der Waals surface area contributed by atoms with E-state index in [0.717, 1.165) is 23.4 Å². The molecule has 0 fully saturated rings. The predicted molar refractivity (Wildman–Crippen MR) is 112 cm³/mol. The standard InChI is InChI=1S/C23H19F2NO2S/c1-29(27,28)26-19-7-4-5-15(11-19)12-21-20-8-3-2-6-16(20)9-10-17-13-18(24)14-22(25)23(17)21/h2-8,11-14,26H,9-10H2,1H3/b21-12-. The van der Waals surface area contributed by atoms with Crippen molar-refractivity contribution in [2.24, 2.45) is 0 Å². The summed E-state index contributed by atoms with van der Waals surface area (Å²) in [6.45, 7) is 0. The molecule has 0 heterocycles. The van der Waals surface area contributed by atoms with E-state index in [2.05, 4.69) is 4.72 Å². The molecule has 0 unspecified atom stereocenters. The first-order chi connectivity index (χ1) is 13.8. The third kappa shape index (κ3) is 4.22. The molecule has 1 aliphatic carbocycles. The smallest absolute Gasteiger partial charge is 0.229 e. The molecule has 1 N–H and O–H groups in total. The summed E-state index contributed by atoms with van der Waals surface area (Å²) in [5.74, 6) is -1.20. The first-order valence-corrected chi connectivity index (χ1v) is 11.1. The van der Waals surface area contributed by atoms with Gasteiger partial charge in [0.05, 0.1) is 6.26 Å². The Bertz CT molecular complexity index is 1230. The van der Waals surface area contributed by atoms with Crippen LogP contribution in [0.15, 0.2) is 60.7 Å². The molecule has 0 bridgehead atoms. The molecular formula is C23H19F2NO2S. The Kier molecular flexibility index (Phi) is 4.96. The minimum atomic E-state index is -3.41. The summed E-state index contributed by atoms with van der Waals surface area (Å²) in [5.41, 5.74) is 4.73. The predicted octanol–water partition coefficient (Wildman–Crippen LogP) is 5.02. The molecule has 6 heteroatoms. The van der Waals surface area contributed by atoms with Crippen LogP contribution in [0, 0.1) is 11.6 Å². The lowest BCUT2D eigenvalue weighted by Crippen LogP contribution is -2.09. The number of benzene rings is 3. The normalized spacial score (nSPS) is 14.8. The zero-order valence-corrected chi connectivity index (χ0v) is 16.6. The zero-order valence-electron chi connectivity index (χ0n) is 15.7. The average Bonchev–Trinajstić information content (AvgIpc) is 2.78. The van der Waals surface area contributed by atoms with Crippen LogP contribution in [0.5, 0.6) is 0 Å². The Hall–Kier alpha value is -2.99. The molecule has 3 aromatic carbocycles. The van der Waals surface area contributed by atoms with Crippen molar-refractivity contribution in [3.63, 3.8) is 0 Å². The van der Waals surface area contributed by atoms with Crippen molar-refractivity contribution in [2.75, 3.05) is 11.0 Å². The average molecular weight is 411 g/mol. The Balaban J connectivity index is 1.92. The molecular weight excluding hydrogens is 392 g/mol. The van der Waals surface area contributed by atoms with E-state index >= 15 is 0 Å². The van der Waals surface area contributed by atoms with E-state index in [0.29, 0.717) is 40.8 Å². The van der Waals surface area contributed by atoms with Gasteiger partial charge in [0.25, 0.3) is 0 Å². The van der Waals surface area contributed by atoms with Gasteiger partial charge in [-0.25, -0.2) is 17.2 Å². The first-order valence-electron chi connectivity index (χ1n) is 9.16. The maximum Gasteiger partial charge on any atom is 0.229 e. The minimum Gasteiger partial charge on any atom is -0.284 e. The quantitative estimate of drug-likeness (QED) is 0.658. The van der Waals surface area contributed by atoms with Crippen LogP contribution in [0.25, 0.3) is 11.6 Å². The molecule has 0 saturated heterocycles. The number of hydrogen-bond donors (Lipinski definition) is 1. The molecule has 148 valence electrons. The molecule has 0 saturated carbocycles. The summed E-state index contributed by atoms with van der Waals surface area (Å²) in [6.07, 6.45) is 4.12. The third-order valence-corrected chi connectivity index (χ3v) is 5.48. The fourth-order valence-electron chi connectivity index (χ4n) is 3.75. The number of fused-ring (bicyclic) bond motifs is 2. The van der Waals surface area contributed by atoms with Crippen LogP contribution in [-0.2, 0) is 22.9 Å². The Morgan fingerprint density at radius 1 is 0.931 bits per heavy atom. The van der Waals surface area contributed by atoms with Crippen LogP contribution >= 0.6 is 0 Å². The second-order valence-electron chi connectivity index (χ2n) is 7.14. The van der Waals surface area contributed by atoms with E-state index < -0.39 is 21.7 Å². The Morgan fingerprint density at radius 3 is 2.48 bits per heavy atom. The number of hydrogen-bond acceptors (Lipinski definition) is 2. The highest BCUT2D eigenvalue weighted by Gasteiger charge is 2.22. The number of anilines is 1. The highest BCUT2D eigenvalue weighted by molar-refractivity contribution is 7.92. The molecule has 1 aliphatic rings. The summed E-state index contributed by atoms with van der Waals surface area (Å²) >= 11 is 0. The van der Waals surface area contributed by atoms with Crippen molar-refractivity contribution in [1.82, 2.24) is 0 Å². The second-order valence-corrected chi connectivity index (χ2v) is 8.89. The maximum atomic E-state index is 14.9. The summed E-state index contributed by atoms with van der Waals surface area (Å²) in [6, 6.07) is 16.9. The molecule has 0 spiro atoms. The minimum absolute atomic E-state index is 0.387. The first kappa shape index (κ1) is 19.3. The Labute approximate surface area is 168 Å². The van der Waals surface area contributed by atoms with Gasteiger partial charge in [0.1, 0.15) is 11.6 Å². The number of rotatable bonds is 3. The van der Waals surface area contributed by atoms with Gasteiger partial charge in [0.15, 0.2) is 0 Å². The summed E-state index contributed by atoms with van der Waals surface area (Å²) in [4.78, 5) is 0.